The lowest BCUT2D eigenvalue weighted by atomic mass is 10.3. The van der Waals surface area contributed by atoms with Crippen molar-refractivity contribution in [3.63, 3.8) is 0 Å². The van der Waals surface area contributed by atoms with Gasteiger partial charge in [0.1, 0.15) is 5.69 Å². The third-order valence-corrected chi connectivity index (χ3v) is 5.41. The highest BCUT2D eigenvalue weighted by Gasteiger charge is 2.16. The number of para-hydroxylation sites is 1. The molecule has 24 heavy (non-hydrogen) atoms. The van der Waals surface area contributed by atoms with E-state index in [-0.39, 0.29) is 5.91 Å². The number of halogens is 2. The van der Waals surface area contributed by atoms with Crippen LogP contribution in [-0.2, 0) is 7.05 Å². The molecule has 0 saturated carbocycles. The second kappa shape index (κ2) is 7.58. The topological polar surface area (TPSA) is 46.9 Å². The minimum atomic E-state index is -0.177. The van der Waals surface area contributed by atoms with Crippen molar-refractivity contribution in [3.05, 3.63) is 69.0 Å². The van der Waals surface area contributed by atoms with Crippen LogP contribution in [0.3, 0.4) is 0 Å². The molecule has 0 fully saturated rings. The highest BCUT2D eigenvalue weighted by Crippen LogP contribution is 2.34. The number of hydrogen-bond donors (Lipinski definition) is 1. The quantitative estimate of drug-likeness (QED) is 0.542. The SMILES string of the molecule is Cn1ncc(I)c1C(=O)Nc1ccccc1Sc1ccc(Cl)cc1. The van der Waals surface area contributed by atoms with E-state index in [1.54, 1.807) is 29.7 Å². The van der Waals surface area contributed by atoms with Crippen molar-refractivity contribution in [1.29, 1.82) is 0 Å². The molecule has 1 heterocycles. The van der Waals surface area contributed by atoms with Crippen molar-refractivity contribution in [2.24, 2.45) is 7.05 Å². The van der Waals surface area contributed by atoms with Crippen LogP contribution in [0, 0.1) is 3.57 Å². The van der Waals surface area contributed by atoms with Crippen molar-refractivity contribution in [2.45, 2.75) is 9.79 Å². The molecule has 0 aliphatic rings. The largest absolute Gasteiger partial charge is 0.320 e. The van der Waals surface area contributed by atoms with Crippen LogP contribution in [0.2, 0.25) is 5.02 Å². The number of nitrogens with zero attached hydrogens (tertiary/aromatic N) is 2. The van der Waals surface area contributed by atoms with E-state index in [2.05, 4.69) is 33.0 Å². The van der Waals surface area contributed by atoms with E-state index in [1.807, 2.05) is 48.5 Å². The van der Waals surface area contributed by atoms with Gasteiger partial charge in [-0.05, 0) is 59.0 Å². The third-order valence-electron chi connectivity index (χ3n) is 3.29. The van der Waals surface area contributed by atoms with Crippen molar-refractivity contribution < 1.29 is 4.79 Å². The van der Waals surface area contributed by atoms with Gasteiger partial charge in [-0.25, -0.2) is 0 Å². The van der Waals surface area contributed by atoms with Crippen LogP contribution in [0.15, 0.2) is 64.5 Å². The van der Waals surface area contributed by atoms with Gasteiger partial charge in [0, 0.05) is 21.9 Å². The molecule has 0 saturated heterocycles. The number of nitrogens with one attached hydrogen (secondary N) is 1. The molecule has 1 aromatic heterocycles. The van der Waals surface area contributed by atoms with Crippen molar-refractivity contribution in [1.82, 2.24) is 9.78 Å². The molecule has 0 aliphatic heterocycles. The molecule has 0 aliphatic carbocycles. The molecule has 3 rings (SSSR count). The Hall–Kier alpha value is -1.51. The maximum absolute atomic E-state index is 12.6. The van der Waals surface area contributed by atoms with Gasteiger partial charge >= 0.3 is 0 Å². The summed E-state index contributed by atoms with van der Waals surface area (Å²) in [6, 6.07) is 15.3. The Kier molecular flexibility index (Phi) is 5.47. The van der Waals surface area contributed by atoms with Gasteiger partial charge in [0.05, 0.1) is 15.5 Å². The second-order valence-corrected chi connectivity index (χ2v) is 7.68. The van der Waals surface area contributed by atoms with Crippen LogP contribution < -0.4 is 5.32 Å². The molecule has 0 bridgehead atoms. The van der Waals surface area contributed by atoms with Gasteiger partial charge in [-0.1, -0.05) is 35.5 Å². The van der Waals surface area contributed by atoms with Crippen LogP contribution in [0.5, 0.6) is 0 Å². The summed E-state index contributed by atoms with van der Waals surface area (Å²) in [4.78, 5) is 14.6. The number of carbonyl (C=O) groups is 1. The molecule has 3 aromatic rings. The van der Waals surface area contributed by atoms with E-state index in [4.69, 9.17) is 11.6 Å². The predicted octanol–water partition coefficient (Wildman–Crippen LogP) is 5.08. The maximum atomic E-state index is 12.6. The Morgan fingerprint density at radius 1 is 1.21 bits per heavy atom. The zero-order valence-corrected chi connectivity index (χ0v) is 16.4. The fraction of sp³-hybridized carbons (Fsp3) is 0.0588. The summed E-state index contributed by atoms with van der Waals surface area (Å²) in [6.07, 6.45) is 1.67. The number of hydrogen-bond acceptors (Lipinski definition) is 3. The summed E-state index contributed by atoms with van der Waals surface area (Å²) >= 11 is 9.61. The van der Waals surface area contributed by atoms with Crippen LogP contribution in [0.25, 0.3) is 0 Å². The minimum absolute atomic E-state index is 0.177. The summed E-state index contributed by atoms with van der Waals surface area (Å²) in [6.45, 7) is 0. The first-order chi connectivity index (χ1) is 11.5. The summed E-state index contributed by atoms with van der Waals surface area (Å²) < 4.78 is 2.39. The summed E-state index contributed by atoms with van der Waals surface area (Å²) in [5.74, 6) is -0.177. The Balaban J connectivity index is 1.84. The number of aromatic nitrogens is 2. The summed E-state index contributed by atoms with van der Waals surface area (Å²) in [7, 11) is 1.76. The molecule has 1 amide bonds. The number of benzene rings is 2. The fourth-order valence-corrected chi connectivity index (χ4v) is 3.88. The molecule has 4 nitrogen and oxygen atoms in total. The molecule has 2 aromatic carbocycles. The smallest absolute Gasteiger partial charge is 0.275 e. The van der Waals surface area contributed by atoms with Gasteiger partial charge in [-0.2, -0.15) is 5.10 Å². The Morgan fingerprint density at radius 3 is 2.58 bits per heavy atom. The molecule has 0 spiro atoms. The average Bonchev–Trinajstić information content (AvgIpc) is 2.90. The Bertz CT molecular complexity index is 860. The normalized spacial score (nSPS) is 10.6. The second-order valence-electron chi connectivity index (χ2n) is 4.97. The van der Waals surface area contributed by atoms with E-state index < -0.39 is 0 Å². The van der Waals surface area contributed by atoms with Gasteiger partial charge in [0.2, 0.25) is 0 Å². The van der Waals surface area contributed by atoms with Crippen molar-refractivity contribution in [2.75, 3.05) is 5.32 Å². The van der Waals surface area contributed by atoms with E-state index in [9.17, 15) is 4.79 Å². The standard InChI is InChI=1S/C17H13ClIN3OS/c1-22-16(13(19)10-20-22)17(23)21-14-4-2-3-5-15(14)24-12-8-6-11(18)7-9-12/h2-10H,1H3,(H,21,23). The zero-order chi connectivity index (χ0) is 17.1. The summed E-state index contributed by atoms with van der Waals surface area (Å²) in [5, 5.41) is 7.78. The molecule has 7 heteroatoms. The molecule has 1 N–H and O–H groups in total. The fourth-order valence-electron chi connectivity index (χ4n) is 2.14. The lowest BCUT2D eigenvalue weighted by Gasteiger charge is -2.11. The molecule has 0 unspecified atom stereocenters. The molecule has 0 radical (unpaired) electrons. The monoisotopic (exact) mass is 469 g/mol. The number of aryl methyl sites for hydroxylation is 1. The zero-order valence-electron chi connectivity index (χ0n) is 12.7. The first-order valence-corrected chi connectivity index (χ1v) is 9.33. The third kappa shape index (κ3) is 3.93. The number of amides is 1. The van der Waals surface area contributed by atoms with Crippen LogP contribution in [-0.4, -0.2) is 15.7 Å². The van der Waals surface area contributed by atoms with Gasteiger partial charge in [-0.15, -0.1) is 0 Å². The lowest BCUT2D eigenvalue weighted by molar-refractivity contribution is 0.101. The average molecular weight is 470 g/mol. The lowest BCUT2D eigenvalue weighted by Crippen LogP contribution is -2.17. The van der Waals surface area contributed by atoms with E-state index in [0.717, 1.165) is 19.0 Å². The summed E-state index contributed by atoms with van der Waals surface area (Å²) in [5.41, 5.74) is 1.31. The Morgan fingerprint density at radius 2 is 1.92 bits per heavy atom. The van der Waals surface area contributed by atoms with E-state index in [1.165, 1.54) is 0 Å². The van der Waals surface area contributed by atoms with Crippen molar-refractivity contribution >= 4 is 57.5 Å². The van der Waals surface area contributed by atoms with Gasteiger partial charge in [-0.3, -0.25) is 9.48 Å². The molecule has 122 valence electrons. The maximum Gasteiger partial charge on any atom is 0.275 e. The van der Waals surface area contributed by atoms with E-state index >= 15 is 0 Å². The number of rotatable bonds is 4. The first-order valence-electron chi connectivity index (χ1n) is 7.06. The van der Waals surface area contributed by atoms with Crippen LogP contribution in [0.1, 0.15) is 10.5 Å². The Labute approximate surface area is 162 Å². The highest BCUT2D eigenvalue weighted by atomic mass is 127. The van der Waals surface area contributed by atoms with E-state index in [0.29, 0.717) is 10.7 Å². The van der Waals surface area contributed by atoms with Gasteiger partial charge < -0.3 is 5.32 Å². The number of anilines is 1. The minimum Gasteiger partial charge on any atom is -0.320 e. The van der Waals surface area contributed by atoms with Crippen LogP contribution in [0.4, 0.5) is 5.69 Å². The molecular weight excluding hydrogens is 457 g/mol. The highest BCUT2D eigenvalue weighted by molar-refractivity contribution is 14.1. The van der Waals surface area contributed by atoms with Crippen LogP contribution >= 0.6 is 46.0 Å². The molecule has 0 atom stereocenters. The number of carbonyl (C=O) groups excluding carboxylic acids is 1. The van der Waals surface area contributed by atoms with Gasteiger partial charge in [0.25, 0.3) is 5.91 Å². The van der Waals surface area contributed by atoms with Gasteiger partial charge in [0.15, 0.2) is 0 Å². The first kappa shape index (κ1) is 17.3. The molecular formula is C17H13ClIN3OS. The van der Waals surface area contributed by atoms with Crippen molar-refractivity contribution in [3.8, 4) is 0 Å². The predicted molar refractivity (Wildman–Crippen MR) is 106 cm³/mol.